The van der Waals surface area contributed by atoms with Gasteiger partial charge in [-0.05, 0) is 68.8 Å². The second-order valence-electron chi connectivity index (χ2n) is 8.18. The van der Waals surface area contributed by atoms with Crippen molar-refractivity contribution in [3.63, 3.8) is 0 Å². The molecule has 4 heteroatoms. The van der Waals surface area contributed by atoms with E-state index in [0.29, 0.717) is 0 Å². The van der Waals surface area contributed by atoms with Crippen LogP contribution in [-0.2, 0) is 13.1 Å². The van der Waals surface area contributed by atoms with Gasteiger partial charge < -0.3 is 4.90 Å². The monoisotopic (exact) mass is 352 g/mol. The molecule has 0 unspecified atom stereocenters. The van der Waals surface area contributed by atoms with Gasteiger partial charge in [-0.1, -0.05) is 30.3 Å². The zero-order valence-corrected chi connectivity index (χ0v) is 15.8. The van der Waals surface area contributed by atoms with E-state index >= 15 is 0 Å². The van der Waals surface area contributed by atoms with Gasteiger partial charge >= 0.3 is 0 Å². The molecule has 0 radical (unpaired) electrons. The van der Waals surface area contributed by atoms with E-state index in [0.717, 1.165) is 24.9 Å². The van der Waals surface area contributed by atoms with Crippen LogP contribution in [0.4, 0.5) is 0 Å². The van der Waals surface area contributed by atoms with Crippen molar-refractivity contribution < 1.29 is 0 Å². The Kier molecular flexibility index (Phi) is 6.03. The van der Waals surface area contributed by atoms with E-state index in [2.05, 4.69) is 56.1 Å². The molecule has 1 aromatic heterocycles. The highest BCUT2D eigenvalue weighted by atomic mass is 15.3. The number of aryl methyl sites for hydroxylation is 1. The maximum Gasteiger partial charge on any atom is 0.0489 e. The third-order valence-corrected chi connectivity index (χ3v) is 6.17. The Morgan fingerprint density at radius 1 is 0.885 bits per heavy atom. The maximum absolute atomic E-state index is 4.32. The molecule has 0 saturated carbocycles. The first-order chi connectivity index (χ1) is 12.8. The van der Waals surface area contributed by atoms with Gasteiger partial charge in [0.1, 0.15) is 0 Å². The number of hydrogen-bond acceptors (Lipinski definition) is 3. The minimum Gasteiger partial charge on any atom is -0.303 e. The number of hydrogen-bond donors (Lipinski definition) is 0. The predicted molar refractivity (Wildman–Crippen MR) is 106 cm³/mol. The van der Waals surface area contributed by atoms with Gasteiger partial charge in [0, 0.05) is 38.6 Å². The summed E-state index contributed by atoms with van der Waals surface area (Å²) in [6.45, 7) is 8.62. The molecule has 140 valence electrons. The molecular weight excluding hydrogens is 320 g/mol. The van der Waals surface area contributed by atoms with Crippen LogP contribution < -0.4 is 0 Å². The van der Waals surface area contributed by atoms with Crippen molar-refractivity contribution in [3.05, 3.63) is 54.4 Å². The Balaban J connectivity index is 1.15. The van der Waals surface area contributed by atoms with E-state index < -0.39 is 0 Å². The summed E-state index contributed by atoms with van der Waals surface area (Å²) < 4.78 is 2.08. The van der Waals surface area contributed by atoms with Crippen molar-refractivity contribution in [2.24, 2.45) is 11.8 Å². The SMILES string of the molecule is c1ccc(CN2CC[C@@H](CN3CCC(CCn4cccn4)CC3)C2)cc1. The Morgan fingerprint density at radius 2 is 1.65 bits per heavy atom. The first-order valence-electron chi connectivity index (χ1n) is 10.3. The van der Waals surface area contributed by atoms with Crippen LogP contribution in [0.2, 0.25) is 0 Å². The summed E-state index contributed by atoms with van der Waals surface area (Å²) >= 11 is 0. The molecule has 26 heavy (non-hydrogen) atoms. The summed E-state index contributed by atoms with van der Waals surface area (Å²) in [5, 5.41) is 4.32. The van der Waals surface area contributed by atoms with Crippen LogP contribution in [-0.4, -0.2) is 52.3 Å². The number of piperidine rings is 1. The highest BCUT2D eigenvalue weighted by Gasteiger charge is 2.26. The summed E-state index contributed by atoms with van der Waals surface area (Å²) in [7, 11) is 0. The van der Waals surface area contributed by atoms with Crippen LogP contribution in [0.5, 0.6) is 0 Å². The molecule has 2 aliphatic heterocycles. The lowest BCUT2D eigenvalue weighted by Crippen LogP contribution is -2.38. The van der Waals surface area contributed by atoms with Gasteiger partial charge in [-0.2, -0.15) is 5.10 Å². The molecule has 2 fully saturated rings. The van der Waals surface area contributed by atoms with Gasteiger partial charge in [0.25, 0.3) is 0 Å². The van der Waals surface area contributed by atoms with Crippen LogP contribution >= 0.6 is 0 Å². The molecule has 4 nitrogen and oxygen atoms in total. The van der Waals surface area contributed by atoms with Gasteiger partial charge in [0.2, 0.25) is 0 Å². The molecule has 2 aliphatic rings. The van der Waals surface area contributed by atoms with Gasteiger partial charge in [-0.25, -0.2) is 0 Å². The van der Waals surface area contributed by atoms with E-state index in [1.807, 2.05) is 12.3 Å². The molecule has 0 N–H and O–H groups in total. The topological polar surface area (TPSA) is 24.3 Å². The van der Waals surface area contributed by atoms with Crippen molar-refractivity contribution in [1.29, 1.82) is 0 Å². The van der Waals surface area contributed by atoms with Gasteiger partial charge in [-0.15, -0.1) is 0 Å². The summed E-state index contributed by atoms with van der Waals surface area (Å²) in [5.41, 5.74) is 1.45. The fraction of sp³-hybridized carbons (Fsp3) is 0.591. The molecule has 0 amide bonds. The smallest absolute Gasteiger partial charge is 0.0489 e. The zero-order valence-electron chi connectivity index (χ0n) is 15.8. The Labute approximate surface area is 157 Å². The summed E-state index contributed by atoms with van der Waals surface area (Å²) in [4.78, 5) is 5.36. The van der Waals surface area contributed by atoms with Crippen LogP contribution in [0.1, 0.15) is 31.2 Å². The number of rotatable bonds is 7. The summed E-state index contributed by atoms with van der Waals surface area (Å²) in [6, 6.07) is 12.9. The van der Waals surface area contributed by atoms with Crippen LogP contribution in [0.3, 0.4) is 0 Å². The van der Waals surface area contributed by atoms with Crippen molar-refractivity contribution in [1.82, 2.24) is 19.6 Å². The zero-order chi connectivity index (χ0) is 17.6. The minimum absolute atomic E-state index is 0.860. The van der Waals surface area contributed by atoms with E-state index in [4.69, 9.17) is 0 Å². The number of benzene rings is 1. The second-order valence-corrected chi connectivity index (χ2v) is 8.18. The third-order valence-electron chi connectivity index (χ3n) is 6.17. The average molecular weight is 353 g/mol. The molecule has 4 rings (SSSR count). The van der Waals surface area contributed by atoms with Gasteiger partial charge in [-0.3, -0.25) is 9.58 Å². The molecule has 3 heterocycles. The lowest BCUT2D eigenvalue weighted by atomic mass is 9.93. The minimum atomic E-state index is 0.860. The maximum atomic E-state index is 4.32. The highest BCUT2D eigenvalue weighted by molar-refractivity contribution is 5.14. The number of aromatic nitrogens is 2. The molecule has 0 bridgehead atoms. The second kappa shape index (κ2) is 8.83. The first-order valence-corrected chi connectivity index (χ1v) is 10.3. The molecule has 1 aromatic carbocycles. The van der Waals surface area contributed by atoms with E-state index in [-0.39, 0.29) is 0 Å². The van der Waals surface area contributed by atoms with E-state index in [9.17, 15) is 0 Å². The largest absolute Gasteiger partial charge is 0.303 e. The number of nitrogens with zero attached hydrogens (tertiary/aromatic N) is 4. The van der Waals surface area contributed by atoms with Crippen molar-refractivity contribution >= 4 is 0 Å². The van der Waals surface area contributed by atoms with Crippen LogP contribution in [0, 0.1) is 11.8 Å². The average Bonchev–Trinajstić information content (AvgIpc) is 3.34. The van der Waals surface area contributed by atoms with Crippen molar-refractivity contribution in [3.8, 4) is 0 Å². The Hall–Kier alpha value is -1.65. The molecule has 1 atom stereocenters. The van der Waals surface area contributed by atoms with Crippen molar-refractivity contribution in [2.45, 2.75) is 38.8 Å². The van der Waals surface area contributed by atoms with Crippen LogP contribution in [0.15, 0.2) is 48.8 Å². The van der Waals surface area contributed by atoms with Gasteiger partial charge in [0.15, 0.2) is 0 Å². The normalized spacial score (nSPS) is 22.8. The van der Waals surface area contributed by atoms with E-state index in [1.165, 1.54) is 64.0 Å². The lowest BCUT2D eigenvalue weighted by Gasteiger charge is -2.33. The highest BCUT2D eigenvalue weighted by Crippen LogP contribution is 2.25. The quantitative estimate of drug-likeness (QED) is 0.762. The Bertz CT molecular complexity index is 631. The Morgan fingerprint density at radius 3 is 2.42 bits per heavy atom. The first kappa shape index (κ1) is 17.7. The molecule has 2 saturated heterocycles. The summed E-state index contributed by atoms with van der Waals surface area (Å²) in [5.74, 6) is 1.74. The fourth-order valence-electron chi connectivity index (χ4n) is 4.62. The lowest BCUT2D eigenvalue weighted by molar-refractivity contribution is 0.153. The number of likely N-dealkylation sites (tertiary alicyclic amines) is 2. The molecular formula is C22H32N4. The standard InChI is InChI=1S/C22H32N4/c1-2-5-21(6-3-1)17-25-15-9-22(19-25)18-24-13-7-20(8-14-24)10-16-26-12-4-11-23-26/h1-6,11-12,20,22H,7-10,13-19H2/t22-/m0/s1. The fourth-order valence-corrected chi connectivity index (χ4v) is 4.62. The molecule has 0 aliphatic carbocycles. The summed E-state index contributed by atoms with van der Waals surface area (Å²) in [6.07, 6.45) is 9.33. The molecule has 2 aromatic rings. The third kappa shape index (κ3) is 4.95. The van der Waals surface area contributed by atoms with Gasteiger partial charge in [0.05, 0.1) is 0 Å². The predicted octanol–water partition coefficient (Wildman–Crippen LogP) is 3.51. The molecule has 0 spiro atoms. The van der Waals surface area contributed by atoms with Crippen molar-refractivity contribution in [2.75, 3.05) is 32.7 Å². The van der Waals surface area contributed by atoms with E-state index in [1.54, 1.807) is 0 Å². The van der Waals surface area contributed by atoms with Crippen LogP contribution in [0.25, 0.3) is 0 Å².